The third-order valence-corrected chi connectivity index (χ3v) is 3.52. The Balaban J connectivity index is 2.92. The van der Waals surface area contributed by atoms with Crippen molar-refractivity contribution in [3.8, 4) is 0 Å². The number of hydrogen-bond donors (Lipinski definition) is 2. The highest BCUT2D eigenvalue weighted by atomic mass is 79.9. The van der Waals surface area contributed by atoms with Crippen LogP contribution < -0.4 is 4.72 Å². The molecular formula is C9H10BrNO4S. The number of carbonyl (C=O) groups is 1. The molecule has 0 unspecified atom stereocenters. The van der Waals surface area contributed by atoms with Gasteiger partial charge >= 0.3 is 5.97 Å². The molecule has 0 saturated carbocycles. The first-order chi connectivity index (χ1) is 7.30. The van der Waals surface area contributed by atoms with E-state index >= 15 is 0 Å². The van der Waals surface area contributed by atoms with Crippen molar-refractivity contribution >= 4 is 37.6 Å². The highest BCUT2D eigenvalue weighted by Crippen LogP contribution is 2.24. The van der Waals surface area contributed by atoms with E-state index in [1.807, 2.05) is 6.92 Å². The lowest BCUT2D eigenvalue weighted by atomic mass is 10.2. The number of carboxylic acids is 1. The Bertz CT molecular complexity index is 512. The molecule has 0 bridgehead atoms. The van der Waals surface area contributed by atoms with Gasteiger partial charge in [0.25, 0.3) is 0 Å². The van der Waals surface area contributed by atoms with Gasteiger partial charge in [0.2, 0.25) is 10.0 Å². The molecule has 0 atom stereocenters. The predicted octanol–water partition coefficient (Wildman–Crippen LogP) is 1.58. The molecule has 0 aliphatic rings. The average molecular weight is 308 g/mol. The first-order valence-electron chi connectivity index (χ1n) is 4.28. The summed E-state index contributed by atoms with van der Waals surface area (Å²) in [5.41, 5.74) is 1.29. The van der Waals surface area contributed by atoms with E-state index in [1.54, 1.807) is 18.2 Å². The van der Waals surface area contributed by atoms with Crippen molar-refractivity contribution in [3.05, 3.63) is 28.2 Å². The minimum absolute atomic E-state index is 0.326. The number of anilines is 1. The summed E-state index contributed by atoms with van der Waals surface area (Å²) in [6.07, 6.45) is 0. The molecule has 2 N–H and O–H groups in total. The van der Waals surface area contributed by atoms with Crippen LogP contribution in [0.2, 0.25) is 0 Å². The van der Waals surface area contributed by atoms with Crippen LogP contribution in [0.4, 0.5) is 5.69 Å². The second-order valence-electron chi connectivity index (χ2n) is 3.24. The van der Waals surface area contributed by atoms with Gasteiger partial charge in [0.15, 0.2) is 5.75 Å². The van der Waals surface area contributed by atoms with Crippen molar-refractivity contribution in [3.63, 3.8) is 0 Å². The smallest absolute Gasteiger partial charge is 0.320 e. The van der Waals surface area contributed by atoms with Crippen molar-refractivity contribution in [2.24, 2.45) is 0 Å². The van der Waals surface area contributed by atoms with Gasteiger partial charge in [0.05, 0.1) is 5.69 Å². The Morgan fingerprint density at radius 1 is 1.50 bits per heavy atom. The van der Waals surface area contributed by atoms with E-state index in [0.29, 0.717) is 10.2 Å². The summed E-state index contributed by atoms with van der Waals surface area (Å²) < 4.78 is 25.4. The third-order valence-electron chi connectivity index (χ3n) is 1.70. The van der Waals surface area contributed by atoms with Crippen LogP contribution in [0.1, 0.15) is 5.56 Å². The van der Waals surface area contributed by atoms with Crippen molar-refractivity contribution < 1.29 is 18.3 Å². The number of aryl methyl sites for hydroxylation is 1. The number of rotatable bonds is 4. The summed E-state index contributed by atoms with van der Waals surface area (Å²) in [5.74, 6) is -2.34. The van der Waals surface area contributed by atoms with Crippen LogP contribution in [0.25, 0.3) is 0 Å². The lowest BCUT2D eigenvalue weighted by Gasteiger charge is -2.08. The van der Waals surface area contributed by atoms with E-state index < -0.39 is 21.7 Å². The van der Waals surface area contributed by atoms with Gasteiger partial charge < -0.3 is 5.11 Å². The van der Waals surface area contributed by atoms with E-state index in [1.165, 1.54) is 0 Å². The number of aliphatic carboxylic acids is 1. The monoisotopic (exact) mass is 307 g/mol. The number of hydrogen-bond acceptors (Lipinski definition) is 3. The molecule has 0 radical (unpaired) electrons. The highest BCUT2D eigenvalue weighted by Gasteiger charge is 2.16. The minimum atomic E-state index is -3.85. The first-order valence-corrected chi connectivity index (χ1v) is 6.73. The number of halogens is 1. The molecule has 0 spiro atoms. The highest BCUT2D eigenvalue weighted by molar-refractivity contribution is 9.10. The first kappa shape index (κ1) is 13.0. The van der Waals surface area contributed by atoms with Crippen LogP contribution in [-0.2, 0) is 14.8 Å². The Morgan fingerprint density at radius 2 is 2.12 bits per heavy atom. The van der Waals surface area contributed by atoms with E-state index in [4.69, 9.17) is 5.11 Å². The fraction of sp³-hybridized carbons (Fsp3) is 0.222. The van der Waals surface area contributed by atoms with Crippen molar-refractivity contribution in [2.75, 3.05) is 10.5 Å². The maximum absolute atomic E-state index is 11.3. The Morgan fingerprint density at radius 3 is 2.62 bits per heavy atom. The summed E-state index contributed by atoms with van der Waals surface area (Å²) >= 11 is 3.19. The molecule has 1 aromatic carbocycles. The Labute approximate surface area is 102 Å². The van der Waals surface area contributed by atoms with Gasteiger partial charge in [-0.25, -0.2) is 8.42 Å². The molecule has 0 heterocycles. The van der Waals surface area contributed by atoms with Crippen LogP contribution >= 0.6 is 15.9 Å². The second-order valence-corrected chi connectivity index (χ2v) is 5.81. The molecule has 0 saturated heterocycles. The quantitative estimate of drug-likeness (QED) is 0.884. The molecule has 0 aromatic heterocycles. The zero-order chi connectivity index (χ0) is 12.3. The molecule has 0 aliphatic heterocycles. The Kier molecular flexibility index (Phi) is 3.93. The molecule has 7 heteroatoms. The standard InChI is InChI=1S/C9H10BrNO4S/c1-6-2-3-8(7(10)4-6)11-16(14,15)5-9(12)13/h2-4,11H,5H2,1H3,(H,12,13). The van der Waals surface area contributed by atoms with Crippen molar-refractivity contribution in [2.45, 2.75) is 6.92 Å². The molecule has 1 aromatic rings. The van der Waals surface area contributed by atoms with E-state index in [2.05, 4.69) is 20.7 Å². The van der Waals surface area contributed by atoms with Crippen molar-refractivity contribution in [1.82, 2.24) is 0 Å². The number of carboxylic acid groups (broad SMARTS) is 1. The number of nitrogens with one attached hydrogen (secondary N) is 1. The SMILES string of the molecule is Cc1ccc(NS(=O)(=O)CC(=O)O)c(Br)c1. The van der Waals surface area contributed by atoms with Gasteiger partial charge in [-0.15, -0.1) is 0 Å². The lowest BCUT2D eigenvalue weighted by Crippen LogP contribution is -2.22. The molecule has 0 amide bonds. The molecule has 0 fully saturated rings. The van der Waals surface area contributed by atoms with Crippen LogP contribution in [-0.4, -0.2) is 25.2 Å². The van der Waals surface area contributed by atoms with Gasteiger partial charge in [-0.05, 0) is 40.5 Å². The molecule has 88 valence electrons. The fourth-order valence-corrected chi connectivity index (χ4v) is 2.70. The molecule has 16 heavy (non-hydrogen) atoms. The summed E-state index contributed by atoms with van der Waals surface area (Å²) in [5, 5.41) is 8.41. The van der Waals surface area contributed by atoms with E-state index in [0.717, 1.165) is 5.56 Å². The summed E-state index contributed by atoms with van der Waals surface area (Å²) in [6, 6.07) is 5.03. The van der Waals surface area contributed by atoms with Crippen molar-refractivity contribution in [1.29, 1.82) is 0 Å². The van der Waals surface area contributed by atoms with E-state index in [-0.39, 0.29) is 0 Å². The van der Waals surface area contributed by atoms with Gasteiger partial charge in [-0.1, -0.05) is 6.07 Å². The fourth-order valence-electron chi connectivity index (χ4n) is 1.07. The van der Waals surface area contributed by atoms with Gasteiger partial charge in [-0.2, -0.15) is 0 Å². The average Bonchev–Trinajstić information content (AvgIpc) is 2.07. The van der Waals surface area contributed by atoms with Crippen LogP contribution in [0.5, 0.6) is 0 Å². The zero-order valence-electron chi connectivity index (χ0n) is 8.40. The molecular weight excluding hydrogens is 298 g/mol. The maximum Gasteiger partial charge on any atom is 0.320 e. The van der Waals surface area contributed by atoms with Gasteiger partial charge in [0.1, 0.15) is 0 Å². The summed E-state index contributed by atoms with van der Waals surface area (Å²) in [6.45, 7) is 1.86. The third kappa shape index (κ3) is 3.82. The Hall–Kier alpha value is -1.08. The zero-order valence-corrected chi connectivity index (χ0v) is 10.8. The number of sulfonamides is 1. The van der Waals surface area contributed by atoms with E-state index in [9.17, 15) is 13.2 Å². The minimum Gasteiger partial charge on any atom is -0.480 e. The topological polar surface area (TPSA) is 83.5 Å². The number of benzene rings is 1. The van der Waals surface area contributed by atoms with Gasteiger partial charge in [0, 0.05) is 4.47 Å². The summed E-state index contributed by atoms with van der Waals surface area (Å²) in [4.78, 5) is 10.3. The summed E-state index contributed by atoms with van der Waals surface area (Å²) in [7, 11) is -3.85. The second kappa shape index (κ2) is 4.84. The largest absolute Gasteiger partial charge is 0.480 e. The van der Waals surface area contributed by atoms with Gasteiger partial charge in [-0.3, -0.25) is 9.52 Å². The lowest BCUT2D eigenvalue weighted by molar-refractivity contribution is -0.134. The maximum atomic E-state index is 11.3. The molecule has 5 nitrogen and oxygen atoms in total. The molecule has 0 aliphatic carbocycles. The van der Waals surface area contributed by atoms with Crippen LogP contribution in [0.3, 0.4) is 0 Å². The van der Waals surface area contributed by atoms with Crippen LogP contribution in [0.15, 0.2) is 22.7 Å². The molecule has 1 rings (SSSR count). The predicted molar refractivity (Wildman–Crippen MR) is 63.9 cm³/mol. The normalized spacial score (nSPS) is 11.1. The van der Waals surface area contributed by atoms with Crippen LogP contribution in [0, 0.1) is 6.92 Å².